The maximum Gasteiger partial charge on any atom is 0.191 e. The third-order valence-electron chi connectivity index (χ3n) is 3.41. The van der Waals surface area contributed by atoms with Gasteiger partial charge in [0.05, 0.1) is 11.6 Å². The zero-order valence-electron chi connectivity index (χ0n) is 12.2. The van der Waals surface area contributed by atoms with E-state index in [-0.39, 0.29) is 0 Å². The van der Waals surface area contributed by atoms with Crippen LogP contribution >= 0.6 is 23.4 Å². The molecule has 1 saturated carbocycles. The number of halogens is 1. The highest BCUT2D eigenvalue weighted by molar-refractivity contribution is 7.99. The van der Waals surface area contributed by atoms with Gasteiger partial charge >= 0.3 is 0 Å². The van der Waals surface area contributed by atoms with Gasteiger partial charge in [-0.05, 0) is 25.0 Å². The predicted molar refractivity (Wildman–Crippen MR) is 89.9 cm³/mol. The molecule has 1 aromatic heterocycles. The molecular weight excluding hydrogens is 318 g/mol. The normalized spacial score (nSPS) is 14.0. The topological polar surface area (TPSA) is 39.9 Å². The van der Waals surface area contributed by atoms with Crippen molar-refractivity contribution in [2.45, 2.75) is 30.5 Å². The maximum atomic E-state index is 6.06. The highest BCUT2D eigenvalue weighted by atomic mass is 35.5. The molecule has 6 heteroatoms. The summed E-state index contributed by atoms with van der Waals surface area (Å²) in [6, 6.07) is 7.50. The number of aromatic nitrogens is 3. The van der Waals surface area contributed by atoms with Crippen LogP contribution in [-0.2, 0) is 6.54 Å². The van der Waals surface area contributed by atoms with Crippen LogP contribution in [0.3, 0.4) is 0 Å². The first-order valence-corrected chi connectivity index (χ1v) is 8.70. The van der Waals surface area contributed by atoms with Crippen molar-refractivity contribution >= 4 is 23.4 Å². The van der Waals surface area contributed by atoms with Crippen molar-refractivity contribution < 1.29 is 4.74 Å². The molecule has 1 heterocycles. The van der Waals surface area contributed by atoms with E-state index in [0.29, 0.717) is 17.5 Å². The Morgan fingerprint density at radius 3 is 2.91 bits per heavy atom. The summed E-state index contributed by atoms with van der Waals surface area (Å²) >= 11 is 7.71. The van der Waals surface area contributed by atoms with E-state index in [1.165, 1.54) is 12.8 Å². The largest absolute Gasteiger partial charge is 0.491 e. The monoisotopic (exact) mass is 335 g/mol. The lowest BCUT2D eigenvalue weighted by molar-refractivity contribution is 0.344. The SMILES string of the molecule is C=CCn1c(SCCOc2ccccc2Cl)nnc1C1CC1. The highest BCUT2D eigenvalue weighted by Crippen LogP contribution is 2.40. The third-order valence-corrected chi connectivity index (χ3v) is 4.65. The van der Waals surface area contributed by atoms with Gasteiger partial charge < -0.3 is 9.30 Å². The van der Waals surface area contributed by atoms with Gasteiger partial charge in [-0.25, -0.2) is 0 Å². The van der Waals surface area contributed by atoms with Gasteiger partial charge in [0.15, 0.2) is 5.16 Å². The summed E-state index contributed by atoms with van der Waals surface area (Å²) in [6.45, 7) is 5.15. The number of nitrogens with zero attached hydrogens (tertiary/aromatic N) is 3. The van der Waals surface area contributed by atoms with E-state index in [1.54, 1.807) is 11.8 Å². The van der Waals surface area contributed by atoms with Gasteiger partial charge in [-0.15, -0.1) is 16.8 Å². The average molecular weight is 336 g/mol. The fourth-order valence-electron chi connectivity index (χ4n) is 2.20. The number of para-hydroxylation sites is 1. The number of benzene rings is 1. The van der Waals surface area contributed by atoms with Crippen LogP contribution in [0.25, 0.3) is 0 Å². The summed E-state index contributed by atoms with van der Waals surface area (Å²) in [5, 5.41) is 10.2. The summed E-state index contributed by atoms with van der Waals surface area (Å²) in [5.74, 6) is 3.19. The smallest absolute Gasteiger partial charge is 0.191 e. The van der Waals surface area contributed by atoms with Gasteiger partial charge in [-0.3, -0.25) is 0 Å². The zero-order valence-corrected chi connectivity index (χ0v) is 13.8. The van der Waals surface area contributed by atoms with E-state index in [2.05, 4.69) is 21.3 Å². The van der Waals surface area contributed by atoms with Gasteiger partial charge in [0, 0.05) is 18.2 Å². The Kier molecular flexibility index (Phi) is 5.05. The first-order chi connectivity index (χ1) is 10.8. The number of allylic oxidation sites excluding steroid dienone is 1. The molecule has 0 atom stereocenters. The Bertz CT molecular complexity index is 655. The first kappa shape index (κ1) is 15.4. The van der Waals surface area contributed by atoms with Crippen LogP contribution in [0.1, 0.15) is 24.6 Å². The molecule has 2 aromatic rings. The molecule has 1 fully saturated rings. The van der Waals surface area contributed by atoms with Crippen molar-refractivity contribution in [1.82, 2.24) is 14.8 Å². The molecule has 1 aliphatic carbocycles. The molecule has 0 saturated heterocycles. The third kappa shape index (κ3) is 3.65. The second-order valence-corrected chi connectivity index (χ2v) is 6.61. The molecule has 1 aliphatic rings. The Morgan fingerprint density at radius 1 is 1.36 bits per heavy atom. The van der Waals surface area contributed by atoms with Gasteiger partial charge in [-0.2, -0.15) is 0 Å². The lowest BCUT2D eigenvalue weighted by Crippen LogP contribution is -2.05. The van der Waals surface area contributed by atoms with Crippen molar-refractivity contribution in [3.63, 3.8) is 0 Å². The highest BCUT2D eigenvalue weighted by Gasteiger charge is 2.30. The fraction of sp³-hybridized carbons (Fsp3) is 0.375. The predicted octanol–water partition coefficient (Wildman–Crippen LogP) is 4.17. The lowest BCUT2D eigenvalue weighted by atomic mass is 10.3. The van der Waals surface area contributed by atoms with Crippen molar-refractivity contribution in [2.75, 3.05) is 12.4 Å². The van der Waals surface area contributed by atoms with Crippen molar-refractivity contribution in [3.05, 3.63) is 47.8 Å². The minimum absolute atomic E-state index is 0.577. The fourth-order valence-corrected chi connectivity index (χ4v) is 3.16. The van der Waals surface area contributed by atoms with E-state index < -0.39 is 0 Å². The summed E-state index contributed by atoms with van der Waals surface area (Å²) < 4.78 is 7.85. The van der Waals surface area contributed by atoms with Crippen molar-refractivity contribution in [3.8, 4) is 5.75 Å². The van der Waals surface area contributed by atoms with E-state index in [0.717, 1.165) is 29.0 Å². The van der Waals surface area contributed by atoms with Gasteiger partial charge in [0.2, 0.25) is 0 Å². The summed E-state index contributed by atoms with van der Waals surface area (Å²) in [6.07, 6.45) is 4.32. The summed E-state index contributed by atoms with van der Waals surface area (Å²) in [4.78, 5) is 0. The number of hydrogen-bond acceptors (Lipinski definition) is 4. The Morgan fingerprint density at radius 2 is 2.18 bits per heavy atom. The van der Waals surface area contributed by atoms with Crippen LogP contribution in [0.5, 0.6) is 5.75 Å². The van der Waals surface area contributed by atoms with Crippen molar-refractivity contribution in [2.24, 2.45) is 0 Å². The van der Waals surface area contributed by atoms with E-state index in [1.807, 2.05) is 30.3 Å². The second kappa shape index (κ2) is 7.20. The molecule has 4 nitrogen and oxygen atoms in total. The van der Waals surface area contributed by atoms with Crippen molar-refractivity contribution in [1.29, 1.82) is 0 Å². The quantitative estimate of drug-likeness (QED) is 0.412. The molecule has 116 valence electrons. The maximum absolute atomic E-state index is 6.06. The first-order valence-electron chi connectivity index (χ1n) is 7.33. The molecule has 22 heavy (non-hydrogen) atoms. The molecular formula is C16H18ClN3OS. The zero-order chi connectivity index (χ0) is 15.4. The van der Waals surface area contributed by atoms with E-state index in [9.17, 15) is 0 Å². The van der Waals surface area contributed by atoms with Gasteiger partial charge in [0.25, 0.3) is 0 Å². The molecule has 0 bridgehead atoms. The Balaban J connectivity index is 1.55. The van der Waals surface area contributed by atoms with Gasteiger partial charge in [-0.1, -0.05) is 41.6 Å². The van der Waals surface area contributed by atoms with Gasteiger partial charge in [0.1, 0.15) is 11.6 Å². The summed E-state index contributed by atoms with van der Waals surface area (Å²) in [7, 11) is 0. The number of ether oxygens (including phenoxy) is 1. The van der Waals surface area contributed by atoms with E-state index >= 15 is 0 Å². The Labute approximate surface area is 139 Å². The molecule has 1 aromatic carbocycles. The number of hydrogen-bond donors (Lipinski definition) is 0. The van der Waals surface area contributed by atoms with Crippen LogP contribution in [0.15, 0.2) is 42.1 Å². The standard InChI is InChI=1S/C16H18ClN3OS/c1-2-9-20-15(12-7-8-12)18-19-16(20)22-11-10-21-14-6-4-3-5-13(14)17/h2-6,12H,1,7-11H2. The average Bonchev–Trinajstić information content (AvgIpc) is 3.29. The summed E-state index contributed by atoms with van der Waals surface area (Å²) in [5.41, 5.74) is 0. The minimum Gasteiger partial charge on any atom is -0.491 e. The molecule has 0 unspecified atom stereocenters. The Hall–Kier alpha value is -1.46. The molecule has 0 aliphatic heterocycles. The minimum atomic E-state index is 0.577. The van der Waals surface area contributed by atoms with Crippen LogP contribution < -0.4 is 4.74 Å². The van der Waals surface area contributed by atoms with Crippen LogP contribution in [0.2, 0.25) is 5.02 Å². The van der Waals surface area contributed by atoms with Crippen LogP contribution in [-0.4, -0.2) is 27.1 Å². The molecule has 0 N–H and O–H groups in total. The number of thioether (sulfide) groups is 1. The molecule has 0 spiro atoms. The van der Waals surface area contributed by atoms with Crippen LogP contribution in [0.4, 0.5) is 0 Å². The number of rotatable bonds is 8. The molecule has 0 radical (unpaired) electrons. The lowest BCUT2D eigenvalue weighted by Gasteiger charge is -2.08. The second-order valence-electron chi connectivity index (χ2n) is 5.14. The van der Waals surface area contributed by atoms with Crippen LogP contribution in [0, 0.1) is 0 Å². The molecule has 0 amide bonds. The molecule has 3 rings (SSSR count). The van der Waals surface area contributed by atoms with E-state index in [4.69, 9.17) is 16.3 Å².